The molecule has 2 heterocycles. The van der Waals surface area contributed by atoms with E-state index in [1.807, 2.05) is 48.5 Å². The second kappa shape index (κ2) is 7.20. The maximum Gasteiger partial charge on any atom is 0.255 e. The molecule has 1 atom stereocenters. The first-order valence-corrected chi connectivity index (χ1v) is 9.25. The SMILES string of the molecule is NC(=O)COc1cccc(C2CC(=O)Nc3c(-c4ccccc4)nsc32)c1. The fraction of sp³-hybridized carbons (Fsp3) is 0.150. The molecule has 6 nitrogen and oxygen atoms in total. The molecule has 27 heavy (non-hydrogen) atoms. The van der Waals surface area contributed by atoms with Crippen molar-refractivity contribution in [2.24, 2.45) is 5.73 Å². The lowest BCUT2D eigenvalue weighted by Gasteiger charge is -2.23. The normalized spacial score (nSPS) is 15.7. The number of aromatic nitrogens is 1. The molecular formula is C20H17N3O3S. The van der Waals surface area contributed by atoms with Gasteiger partial charge in [0.05, 0.1) is 10.6 Å². The Labute approximate surface area is 160 Å². The summed E-state index contributed by atoms with van der Waals surface area (Å²) in [5, 5.41) is 2.98. The number of carbonyl (C=O) groups excluding carboxylic acids is 2. The average molecular weight is 379 g/mol. The Hall–Kier alpha value is -3.19. The van der Waals surface area contributed by atoms with Crippen LogP contribution in [0.25, 0.3) is 11.3 Å². The molecule has 2 aromatic carbocycles. The fourth-order valence-corrected chi connectivity index (χ4v) is 4.14. The molecule has 0 aliphatic carbocycles. The summed E-state index contributed by atoms with van der Waals surface area (Å²) in [7, 11) is 0. The number of primary amides is 1. The number of amides is 2. The van der Waals surface area contributed by atoms with Crippen LogP contribution in [0, 0.1) is 0 Å². The number of carbonyl (C=O) groups is 2. The zero-order valence-corrected chi connectivity index (χ0v) is 15.2. The molecule has 7 heteroatoms. The van der Waals surface area contributed by atoms with Gasteiger partial charge in [-0.15, -0.1) is 0 Å². The average Bonchev–Trinajstić information content (AvgIpc) is 3.10. The lowest BCUT2D eigenvalue weighted by Crippen LogP contribution is -2.22. The Balaban J connectivity index is 1.70. The summed E-state index contributed by atoms with van der Waals surface area (Å²) < 4.78 is 10.00. The van der Waals surface area contributed by atoms with Gasteiger partial charge in [-0.25, -0.2) is 0 Å². The zero-order valence-electron chi connectivity index (χ0n) is 14.3. The van der Waals surface area contributed by atoms with Crippen molar-refractivity contribution in [2.75, 3.05) is 11.9 Å². The smallest absolute Gasteiger partial charge is 0.255 e. The van der Waals surface area contributed by atoms with E-state index in [2.05, 4.69) is 9.69 Å². The van der Waals surface area contributed by atoms with Crippen molar-refractivity contribution in [2.45, 2.75) is 12.3 Å². The minimum atomic E-state index is -0.533. The minimum Gasteiger partial charge on any atom is -0.484 e. The predicted octanol–water partition coefficient (Wildman–Crippen LogP) is 3.15. The van der Waals surface area contributed by atoms with Crippen molar-refractivity contribution >= 4 is 29.0 Å². The summed E-state index contributed by atoms with van der Waals surface area (Å²) in [6.45, 7) is -0.182. The van der Waals surface area contributed by atoms with E-state index in [1.165, 1.54) is 11.5 Å². The highest BCUT2D eigenvalue weighted by Gasteiger charge is 2.31. The molecule has 4 rings (SSSR count). The van der Waals surface area contributed by atoms with Gasteiger partial charge in [-0.05, 0) is 29.2 Å². The van der Waals surface area contributed by atoms with Crippen LogP contribution in [-0.2, 0) is 9.59 Å². The lowest BCUT2D eigenvalue weighted by atomic mass is 9.89. The molecule has 136 valence electrons. The van der Waals surface area contributed by atoms with Crippen molar-refractivity contribution in [3.63, 3.8) is 0 Å². The number of nitrogens with one attached hydrogen (secondary N) is 1. The van der Waals surface area contributed by atoms with E-state index in [-0.39, 0.29) is 18.4 Å². The van der Waals surface area contributed by atoms with Gasteiger partial charge in [0.15, 0.2) is 6.61 Å². The maximum absolute atomic E-state index is 12.4. The number of ether oxygens (including phenoxy) is 1. The number of rotatable bonds is 5. The molecule has 2 amide bonds. The fourth-order valence-electron chi connectivity index (χ4n) is 3.17. The summed E-state index contributed by atoms with van der Waals surface area (Å²) in [5.74, 6) is -0.143. The Morgan fingerprint density at radius 3 is 2.81 bits per heavy atom. The van der Waals surface area contributed by atoms with E-state index in [0.29, 0.717) is 12.2 Å². The van der Waals surface area contributed by atoms with Crippen molar-refractivity contribution in [1.29, 1.82) is 0 Å². The van der Waals surface area contributed by atoms with Crippen LogP contribution in [0.1, 0.15) is 22.8 Å². The number of fused-ring (bicyclic) bond motifs is 1. The van der Waals surface area contributed by atoms with Gasteiger partial charge in [0.1, 0.15) is 11.4 Å². The van der Waals surface area contributed by atoms with E-state index in [1.54, 1.807) is 6.07 Å². The summed E-state index contributed by atoms with van der Waals surface area (Å²) >= 11 is 1.40. The molecule has 0 bridgehead atoms. The largest absolute Gasteiger partial charge is 0.484 e. The van der Waals surface area contributed by atoms with Crippen LogP contribution in [0.5, 0.6) is 5.75 Å². The molecular weight excluding hydrogens is 362 g/mol. The molecule has 0 saturated heterocycles. The van der Waals surface area contributed by atoms with Crippen molar-refractivity contribution < 1.29 is 14.3 Å². The van der Waals surface area contributed by atoms with Gasteiger partial charge in [0, 0.05) is 17.9 Å². The number of nitrogens with zero attached hydrogens (tertiary/aromatic N) is 1. The highest BCUT2D eigenvalue weighted by atomic mass is 32.1. The van der Waals surface area contributed by atoms with E-state index in [4.69, 9.17) is 10.5 Å². The summed E-state index contributed by atoms with van der Waals surface area (Å²) in [5.41, 5.74) is 8.61. The van der Waals surface area contributed by atoms with E-state index >= 15 is 0 Å². The Kier molecular flexibility index (Phi) is 4.60. The number of benzene rings is 2. The summed E-state index contributed by atoms with van der Waals surface area (Å²) in [6, 6.07) is 17.2. The van der Waals surface area contributed by atoms with E-state index in [0.717, 1.165) is 27.4 Å². The van der Waals surface area contributed by atoms with Crippen LogP contribution < -0.4 is 15.8 Å². The first-order valence-electron chi connectivity index (χ1n) is 8.47. The molecule has 1 unspecified atom stereocenters. The minimum absolute atomic E-state index is 0.0478. The van der Waals surface area contributed by atoms with Gasteiger partial charge in [-0.3, -0.25) is 9.59 Å². The van der Waals surface area contributed by atoms with Crippen LogP contribution >= 0.6 is 11.5 Å². The second-order valence-electron chi connectivity index (χ2n) is 6.27. The van der Waals surface area contributed by atoms with Gasteiger partial charge in [-0.2, -0.15) is 4.37 Å². The first kappa shape index (κ1) is 17.2. The van der Waals surface area contributed by atoms with Gasteiger partial charge in [0.25, 0.3) is 5.91 Å². The molecule has 0 spiro atoms. The highest BCUT2D eigenvalue weighted by molar-refractivity contribution is 7.07. The van der Waals surface area contributed by atoms with E-state index in [9.17, 15) is 9.59 Å². The van der Waals surface area contributed by atoms with E-state index < -0.39 is 5.91 Å². The Morgan fingerprint density at radius 1 is 1.22 bits per heavy atom. The third-order valence-corrected chi connectivity index (χ3v) is 5.34. The van der Waals surface area contributed by atoms with Gasteiger partial charge < -0.3 is 15.8 Å². The van der Waals surface area contributed by atoms with Crippen LogP contribution in [-0.4, -0.2) is 22.8 Å². The molecule has 0 radical (unpaired) electrons. The third-order valence-electron chi connectivity index (χ3n) is 4.38. The van der Waals surface area contributed by atoms with Crippen LogP contribution in [0.4, 0.5) is 5.69 Å². The van der Waals surface area contributed by atoms with Crippen molar-refractivity contribution in [3.05, 3.63) is 65.0 Å². The molecule has 3 aromatic rings. The van der Waals surface area contributed by atoms with Crippen molar-refractivity contribution in [1.82, 2.24) is 4.37 Å². The van der Waals surface area contributed by atoms with Gasteiger partial charge in [0.2, 0.25) is 5.91 Å². The number of hydrogen-bond acceptors (Lipinski definition) is 5. The molecule has 1 aliphatic rings. The van der Waals surface area contributed by atoms with Crippen LogP contribution in [0.15, 0.2) is 54.6 Å². The summed E-state index contributed by atoms with van der Waals surface area (Å²) in [4.78, 5) is 24.3. The van der Waals surface area contributed by atoms with Crippen molar-refractivity contribution in [3.8, 4) is 17.0 Å². The quantitative estimate of drug-likeness (QED) is 0.712. The highest BCUT2D eigenvalue weighted by Crippen LogP contribution is 2.45. The van der Waals surface area contributed by atoms with Gasteiger partial charge >= 0.3 is 0 Å². The molecule has 0 fully saturated rings. The van der Waals surface area contributed by atoms with Crippen LogP contribution in [0.2, 0.25) is 0 Å². The summed E-state index contributed by atoms with van der Waals surface area (Å²) in [6.07, 6.45) is 0.336. The maximum atomic E-state index is 12.4. The van der Waals surface area contributed by atoms with Crippen LogP contribution in [0.3, 0.4) is 0 Å². The third kappa shape index (κ3) is 3.54. The standard InChI is InChI=1S/C20H17N3O3S/c21-16(24)11-26-14-8-4-7-13(9-14)15-10-17(25)22-19-18(23-27-20(15)19)12-5-2-1-3-6-12/h1-9,15H,10-11H2,(H2,21,24)(H,22,25). The first-order chi connectivity index (χ1) is 13.1. The zero-order chi connectivity index (χ0) is 18.8. The molecule has 3 N–H and O–H groups in total. The monoisotopic (exact) mass is 379 g/mol. The Morgan fingerprint density at radius 2 is 2.04 bits per heavy atom. The van der Waals surface area contributed by atoms with Gasteiger partial charge in [-0.1, -0.05) is 42.5 Å². The molecule has 0 saturated carbocycles. The topological polar surface area (TPSA) is 94.3 Å². The lowest BCUT2D eigenvalue weighted by molar-refractivity contribution is -0.120. The molecule has 1 aromatic heterocycles. The molecule has 1 aliphatic heterocycles. The number of nitrogens with two attached hydrogens (primary N) is 1. The second-order valence-corrected chi connectivity index (χ2v) is 7.07. The number of hydrogen-bond donors (Lipinski definition) is 2. The predicted molar refractivity (Wildman–Crippen MR) is 104 cm³/mol. The Bertz CT molecular complexity index is 1000. The number of anilines is 1.